The van der Waals surface area contributed by atoms with E-state index in [1.807, 2.05) is 6.26 Å². The summed E-state index contributed by atoms with van der Waals surface area (Å²) in [6.45, 7) is 2.53. The van der Waals surface area contributed by atoms with Crippen molar-refractivity contribution in [1.82, 2.24) is 19.6 Å². The number of carbonyl (C=O) groups is 1. The Balaban J connectivity index is 2.08. The highest BCUT2D eigenvalue weighted by atomic mass is 32.2. The van der Waals surface area contributed by atoms with Gasteiger partial charge < -0.3 is 4.74 Å². The average molecular weight is 324 g/mol. The standard InChI is InChI=1S/C13H16N4O2S2/c1-3-4-5-6-19-12(18)11-10(16-17-21-11)9-7-14-13(20-2)15-8-9/h7-8H,3-6H2,1-2H3. The number of nitrogens with zero attached hydrogens (tertiary/aromatic N) is 4. The van der Waals surface area contributed by atoms with Gasteiger partial charge in [-0.1, -0.05) is 36.0 Å². The van der Waals surface area contributed by atoms with Crippen LogP contribution in [0.25, 0.3) is 11.3 Å². The molecule has 0 aromatic carbocycles. The van der Waals surface area contributed by atoms with Crippen molar-refractivity contribution in [2.24, 2.45) is 0 Å². The molecule has 0 N–H and O–H groups in total. The van der Waals surface area contributed by atoms with Crippen molar-refractivity contribution in [2.75, 3.05) is 12.9 Å². The Morgan fingerprint density at radius 1 is 1.33 bits per heavy atom. The molecule has 0 amide bonds. The topological polar surface area (TPSA) is 77.9 Å². The molecule has 0 atom stereocenters. The number of hydrogen-bond acceptors (Lipinski definition) is 8. The van der Waals surface area contributed by atoms with E-state index in [0.29, 0.717) is 27.9 Å². The van der Waals surface area contributed by atoms with E-state index in [-0.39, 0.29) is 5.97 Å². The second kappa shape index (κ2) is 8.04. The number of thioether (sulfide) groups is 1. The molecule has 2 rings (SSSR count). The molecule has 0 saturated heterocycles. The van der Waals surface area contributed by atoms with E-state index < -0.39 is 0 Å². The third kappa shape index (κ3) is 4.21. The van der Waals surface area contributed by atoms with Crippen LogP contribution in [0, 0.1) is 0 Å². The number of rotatable bonds is 7. The fraction of sp³-hybridized carbons (Fsp3) is 0.462. The molecule has 2 heterocycles. The van der Waals surface area contributed by atoms with Crippen molar-refractivity contribution < 1.29 is 9.53 Å². The van der Waals surface area contributed by atoms with Crippen LogP contribution in [-0.4, -0.2) is 38.4 Å². The van der Waals surface area contributed by atoms with Gasteiger partial charge in [-0.05, 0) is 24.2 Å². The quantitative estimate of drug-likeness (QED) is 0.335. The molecule has 21 heavy (non-hydrogen) atoms. The van der Waals surface area contributed by atoms with Crippen molar-refractivity contribution in [3.8, 4) is 11.3 Å². The van der Waals surface area contributed by atoms with Crippen LogP contribution >= 0.6 is 23.3 Å². The summed E-state index contributed by atoms with van der Waals surface area (Å²) in [6, 6.07) is 0. The second-order valence-corrected chi connectivity index (χ2v) is 5.78. The van der Waals surface area contributed by atoms with Gasteiger partial charge in [-0.3, -0.25) is 0 Å². The molecule has 0 bridgehead atoms. The molecule has 2 aromatic rings. The maximum atomic E-state index is 12.0. The number of hydrogen-bond donors (Lipinski definition) is 0. The van der Waals surface area contributed by atoms with Gasteiger partial charge in [0.2, 0.25) is 0 Å². The van der Waals surface area contributed by atoms with Gasteiger partial charge in [0.1, 0.15) is 5.69 Å². The van der Waals surface area contributed by atoms with Gasteiger partial charge in [-0.25, -0.2) is 14.8 Å². The highest BCUT2D eigenvalue weighted by Gasteiger charge is 2.19. The summed E-state index contributed by atoms with van der Waals surface area (Å²) in [6.07, 6.45) is 8.19. The first kappa shape index (κ1) is 15.8. The van der Waals surface area contributed by atoms with E-state index in [1.54, 1.807) is 12.4 Å². The predicted octanol–water partition coefficient (Wildman–Crippen LogP) is 3.06. The Morgan fingerprint density at radius 2 is 2.10 bits per heavy atom. The molecule has 112 valence electrons. The van der Waals surface area contributed by atoms with Crippen LogP contribution in [-0.2, 0) is 4.74 Å². The molecular weight excluding hydrogens is 308 g/mol. The lowest BCUT2D eigenvalue weighted by Crippen LogP contribution is -2.06. The SMILES string of the molecule is CCCCCOC(=O)c1snnc1-c1cnc(SC)nc1. The Morgan fingerprint density at radius 3 is 2.76 bits per heavy atom. The minimum atomic E-state index is -0.384. The number of unbranched alkanes of at least 4 members (excludes halogenated alkanes) is 2. The van der Waals surface area contributed by atoms with Crippen molar-refractivity contribution in [3.05, 3.63) is 17.3 Å². The van der Waals surface area contributed by atoms with Crippen molar-refractivity contribution in [2.45, 2.75) is 31.3 Å². The maximum absolute atomic E-state index is 12.0. The summed E-state index contributed by atoms with van der Waals surface area (Å²) in [5, 5.41) is 4.66. The molecule has 0 fully saturated rings. The summed E-state index contributed by atoms with van der Waals surface area (Å²) < 4.78 is 9.08. The van der Waals surface area contributed by atoms with Crippen LogP contribution in [0.3, 0.4) is 0 Å². The second-order valence-electron chi connectivity index (χ2n) is 4.25. The van der Waals surface area contributed by atoms with E-state index in [4.69, 9.17) is 4.74 Å². The maximum Gasteiger partial charge on any atom is 0.352 e. The van der Waals surface area contributed by atoms with Crippen molar-refractivity contribution >= 4 is 29.3 Å². The van der Waals surface area contributed by atoms with Gasteiger partial charge in [-0.15, -0.1) is 5.10 Å². The van der Waals surface area contributed by atoms with E-state index in [0.717, 1.165) is 30.8 Å². The zero-order valence-electron chi connectivity index (χ0n) is 11.9. The van der Waals surface area contributed by atoms with Crippen LogP contribution < -0.4 is 0 Å². The Bertz CT molecular complexity index is 586. The molecule has 0 saturated carbocycles. The van der Waals surface area contributed by atoms with Crippen molar-refractivity contribution in [1.29, 1.82) is 0 Å². The minimum absolute atomic E-state index is 0.384. The van der Waals surface area contributed by atoms with E-state index in [9.17, 15) is 4.79 Å². The van der Waals surface area contributed by atoms with Crippen LogP contribution in [0.1, 0.15) is 35.9 Å². The number of esters is 1. The molecule has 8 heteroatoms. The van der Waals surface area contributed by atoms with Gasteiger partial charge >= 0.3 is 5.97 Å². The highest BCUT2D eigenvalue weighted by Crippen LogP contribution is 2.24. The molecule has 0 radical (unpaired) electrons. The summed E-state index contributed by atoms with van der Waals surface area (Å²) in [5.41, 5.74) is 1.15. The van der Waals surface area contributed by atoms with Gasteiger partial charge in [-0.2, -0.15) is 0 Å². The largest absolute Gasteiger partial charge is 0.461 e. The zero-order chi connectivity index (χ0) is 15.1. The predicted molar refractivity (Wildman–Crippen MR) is 82.5 cm³/mol. The summed E-state index contributed by atoms with van der Waals surface area (Å²) >= 11 is 2.48. The Hall–Kier alpha value is -1.54. The Labute approximate surface area is 131 Å². The lowest BCUT2D eigenvalue weighted by Gasteiger charge is -2.03. The van der Waals surface area contributed by atoms with Gasteiger partial charge in [0.25, 0.3) is 0 Å². The summed E-state index contributed by atoms with van der Waals surface area (Å²) in [5.74, 6) is -0.384. The molecule has 0 aliphatic heterocycles. The first-order valence-electron chi connectivity index (χ1n) is 6.62. The molecule has 0 unspecified atom stereocenters. The molecule has 2 aromatic heterocycles. The van der Waals surface area contributed by atoms with Gasteiger partial charge in [0.05, 0.1) is 6.61 Å². The lowest BCUT2D eigenvalue weighted by atomic mass is 10.2. The van der Waals surface area contributed by atoms with E-state index in [1.165, 1.54) is 11.8 Å². The van der Waals surface area contributed by atoms with Crippen LogP contribution in [0.15, 0.2) is 17.6 Å². The fourth-order valence-corrected chi connectivity index (χ4v) is 2.54. The smallest absolute Gasteiger partial charge is 0.352 e. The normalized spacial score (nSPS) is 10.6. The summed E-state index contributed by atoms with van der Waals surface area (Å²) in [4.78, 5) is 20.8. The number of carbonyl (C=O) groups excluding carboxylic acids is 1. The van der Waals surface area contributed by atoms with E-state index >= 15 is 0 Å². The lowest BCUT2D eigenvalue weighted by molar-refractivity contribution is 0.0504. The minimum Gasteiger partial charge on any atom is -0.461 e. The first-order valence-corrected chi connectivity index (χ1v) is 8.62. The zero-order valence-corrected chi connectivity index (χ0v) is 13.5. The first-order chi connectivity index (χ1) is 10.3. The van der Waals surface area contributed by atoms with Gasteiger partial charge in [0.15, 0.2) is 10.0 Å². The molecule has 6 nitrogen and oxygen atoms in total. The van der Waals surface area contributed by atoms with Crippen LogP contribution in [0.4, 0.5) is 0 Å². The molecule has 0 aliphatic rings. The number of aromatic nitrogens is 4. The highest BCUT2D eigenvalue weighted by molar-refractivity contribution is 7.98. The molecular formula is C13H16N4O2S2. The number of ether oxygens (including phenoxy) is 1. The van der Waals surface area contributed by atoms with Crippen LogP contribution in [0.2, 0.25) is 0 Å². The summed E-state index contributed by atoms with van der Waals surface area (Å²) in [7, 11) is 0. The fourth-order valence-electron chi connectivity index (χ4n) is 1.64. The molecule has 0 aliphatic carbocycles. The molecule has 0 spiro atoms. The monoisotopic (exact) mass is 324 g/mol. The Kier molecular flexibility index (Phi) is 6.06. The average Bonchev–Trinajstić information content (AvgIpc) is 3.01. The van der Waals surface area contributed by atoms with Gasteiger partial charge in [0, 0.05) is 18.0 Å². The third-order valence-corrected chi connectivity index (χ3v) is 4.02. The third-order valence-electron chi connectivity index (χ3n) is 2.74. The van der Waals surface area contributed by atoms with E-state index in [2.05, 4.69) is 26.5 Å². The van der Waals surface area contributed by atoms with Crippen LogP contribution in [0.5, 0.6) is 0 Å². The van der Waals surface area contributed by atoms with Crippen molar-refractivity contribution in [3.63, 3.8) is 0 Å².